The minimum absolute atomic E-state index is 0.00710. The van der Waals surface area contributed by atoms with E-state index in [2.05, 4.69) is 18.1 Å². The van der Waals surface area contributed by atoms with Gasteiger partial charge in [-0.1, -0.05) is 0 Å². The van der Waals surface area contributed by atoms with Gasteiger partial charge in [0.25, 0.3) is 0 Å². The summed E-state index contributed by atoms with van der Waals surface area (Å²) in [7, 11) is 1.96. The van der Waals surface area contributed by atoms with Crippen molar-refractivity contribution in [1.29, 1.82) is 0 Å². The van der Waals surface area contributed by atoms with Crippen molar-refractivity contribution in [2.24, 2.45) is 30.2 Å². The Labute approximate surface area is 166 Å². The van der Waals surface area contributed by atoms with Crippen molar-refractivity contribution in [3.8, 4) is 0 Å². The third-order valence-corrected chi connectivity index (χ3v) is 8.17. The Morgan fingerprint density at radius 1 is 1.21 bits per heavy atom. The van der Waals surface area contributed by atoms with Crippen LogP contribution in [0, 0.1) is 30.1 Å². The Balaban J connectivity index is 1.24. The van der Waals surface area contributed by atoms with Crippen molar-refractivity contribution < 1.29 is 14.3 Å². The summed E-state index contributed by atoms with van der Waals surface area (Å²) in [5, 5.41) is 4.59. The number of aryl methyl sites for hydroxylation is 2. The molecule has 0 aromatic carbocycles. The minimum Gasteiger partial charge on any atom is -0.446 e. The molecule has 28 heavy (non-hydrogen) atoms. The summed E-state index contributed by atoms with van der Waals surface area (Å²) in [4.78, 5) is 27.1. The normalized spacial score (nSPS) is 38.8. The molecule has 3 atom stereocenters. The number of ketones is 1. The SMILES string of the molecule is CC(=O)C12CC3CC(C1)C(OC(=O)N1CCC(c4cc(C)n(C)n4)C1)C(C3)C2. The zero-order valence-corrected chi connectivity index (χ0v) is 17.2. The van der Waals surface area contributed by atoms with Crippen molar-refractivity contribution in [3.63, 3.8) is 0 Å². The molecule has 0 N–H and O–H groups in total. The topological polar surface area (TPSA) is 64.4 Å². The number of carbonyl (C=O) groups excluding carboxylic acids is 2. The first-order valence-electron chi connectivity index (χ1n) is 10.8. The molecule has 152 valence electrons. The summed E-state index contributed by atoms with van der Waals surface area (Å²) in [6.07, 6.45) is 5.94. The molecule has 1 aromatic rings. The van der Waals surface area contributed by atoms with Gasteiger partial charge in [0.2, 0.25) is 0 Å². The summed E-state index contributed by atoms with van der Waals surface area (Å²) in [6, 6.07) is 2.12. The standard InChI is InChI=1S/C22H31N3O3/c1-13-6-19(23-24(13)3)16-4-5-25(12-16)21(27)28-20-17-7-15-8-18(20)11-22(9-15,10-17)14(2)26/h6,15-18,20H,4-5,7-12H2,1-3H3. The summed E-state index contributed by atoms with van der Waals surface area (Å²) in [6.45, 7) is 5.24. The van der Waals surface area contributed by atoms with Crippen LogP contribution < -0.4 is 0 Å². The first-order chi connectivity index (χ1) is 13.3. The monoisotopic (exact) mass is 385 g/mol. The molecule has 1 amide bonds. The van der Waals surface area contributed by atoms with E-state index in [1.54, 1.807) is 6.92 Å². The molecule has 6 nitrogen and oxygen atoms in total. The van der Waals surface area contributed by atoms with Crippen LogP contribution in [0.3, 0.4) is 0 Å². The summed E-state index contributed by atoms with van der Waals surface area (Å²) in [5.74, 6) is 2.04. The van der Waals surface area contributed by atoms with Crippen LogP contribution in [0.5, 0.6) is 0 Å². The fraction of sp³-hybridized carbons (Fsp3) is 0.773. The van der Waals surface area contributed by atoms with E-state index in [0.29, 0.717) is 36.0 Å². The van der Waals surface area contributed by atoms with Gasteiger partial charge in [-0.3, -0.25) is 9.48 Å². The molecule has 4 aliphatic carbocycles. The highest BCUT2D eigenvalue weighted by Gasteiger charge is 2.58. The van der Waals surface area contributed by atoms with Gasteiger partial charge in [0.1, 0.15) is 11.9 Å². The molecule has 0 spiro atoms. The van der Waals surface area contributed by atoms with Crippen molar-refractivity contribution in [2.75, 3.05) is 13.1 Å². The fourth-order valence-electron chi connectivity index (χ4n) is 6.75. The third kappa shape index (κ3) is 2.79. The number of nitrogens with zero attached hydrogens (tertiary/aromatic N) is 3. The number of aromatic nitrogens is 2. The van der Waals surface area contributed by atoms with E-state index < -0.39 is 0 Å². The predicted molar refractivity (Wildman–Crippen MR) is 104 cm³/mol. The van der Waals surface area contributed by atoms with Gasteiger partial charge in [-0.15, -0.1) is 0 Å². The Bertz CT molecular complexity index is 780. The molecule has 1 saturated heterocycles. The summed E-state index contributed by atoms with van der Waals surface area (Å²) >= 11 is 0. The molecule has 5 aliphatic rings. The van der Waals surface area contributed by atoms with E-state index in [4.69, 9.17) is 4.74 Å². The van der Waals surface area contributed by atoms with Crippen molar-refractivity contribution in [1.82, 2.24) is 14.7 Å². The van der Waals surface area contributed by atoms with Gasteiger partial charge >= 0.3 is 6.09 Å². The number of hydrogen-bond acceptors (Lipinski definition) is 4. The van der Waals surface area contributed by atoms with E-state index in [-0.39, 0.29) is 17.6 Å². The number of ether oxygens (including phenoxy) is 1. The first kappa shape index (κ1) is 18.2. The lowest BCUT2D eigenvalue weighted by Crippen LogP contribution is -2.57. The quantitative estimate of drug-likeness (QED) is 0.800. The highest BCUT2D eigenvalue weighted by Crippen LogP contribution is 2.61. The van der Waals surface area contributed by atoms with Crippen LogP contribution in [0.4, 0.5) is 4.79 Å². The zero-order chi connectivity index (χ0) is 19.6. The average molecular weight is 386 g/mol. The molecule has 5 fully saturated rings. The molecule has 2 heterocycles. The summed E-state index contributed by atoms with van der Waals surface area (Å²) in [5.41, 5.74) is 2.10. The van der Waals surface area contributed by atoms with E-state index in [1.807, 2.05) is 16.6 Å². The van der Waals surface area contributed by atoms with Crippen LogP contribution in [-0.4, -0.2) is 45.8 Å². The van der Waals surface area contributed by atoms with E-state index in [9.17, 15) is 9.59 Å². The molecule has 0 radical (unpaired) electrons. The number of carbonyl (C=O) groups is 2. The van der Waals surface area contributed by atoms with Crippen LogP contribution in [0.15, 0.2) is 6.07 Å². The number of likely N-dealkylation sites (tertiary alicyclic amines) is 1. The number of Topliss-reactive ketones (excluding diaryl/α,β-unsaturated/α-hetero) is 1. The third-order valence-electron chi connectivity index (χ3n) is 8.17. The van der Waals surface area contributed by atoms with E-state index in [0.717, 1.165) is 56.5 Å². The average Bonchev–Trinajstić information content (AvgIpc) is 3.25. The van der Waals surface area contributed by atoms with Crippen molar-refractivity contribution in [2.45, 2.75) is 64.4 Å². The largest absolute Gasteiger partial charge is 0.446 e. The van der Waals surface area contributed by atoms with Crippen LogP contribution >= 0.6 is 0 Å². The lowest BCUT2D eigenvalue weighted by Gasteiger charge is -2.58. The molecule has 1 aromatic heterocycles. The Hall–Kier alpha value is -1.85. The highest BCUT2D eigenvalue weighted by molar-refractivity contribution is 5.83. The number of rotatable bonds is 3. The maximum atomic E-state index is 12.9. The molecular weight excluding hydrogens is 354 g/mol. The van der Waals surface area contributed by atoms with Crippen LogP contribution in [0.2, 0.25) is 0 Å². The highest BCUT2D eigenvalue weighted by atomic mass is 16.6. The smallest absolute Gasteiger partial charge is 0.410 e. The maximum Gasteiger partial charge on any atom is 0.410 e. The Morgan fingerprint density at radius 2 is 1.93 bits per heavy atom. The van der Waals surface area contributed by atoms with E-state index >= 15 is 0 Å². The molecule has 1 aliphatic heterocycles. The number of amides is 1. The molecule has 6 heteroatoms. The first-order valence-corrected chi connectivity index (χ1v) is 10.8. The van der Waals surface area contributed by atoms with Gasteiger partial charge in [0, 0.05) is 37.2 Å². The van der Waals surface area contributed by atoms with Gasteiger partial charge in [-0.05, 0) is 76.2 Å². The van der Waals surface area contributed by atoms with Crippen molar-refractivity contribution in [3.05, 3.63) is 17.5 Å². The number of hydrogen-bond donors (Lipinski definition) is 0. The van der Waals surface area contributed by atoms with Gasteiger partial charge in [-0.2, -0.15) is 5.10 Å². The molecule has 4 saturated carbocycles. The second kappa shape index (κ2) is 6.33. The second-order valence-corrected chi connectivity index (χ2v) is 9.92. The zero-order valence-electron chi connectivity index (χ0n) is 17.2. The maximum absolute atomic E-state index is 12.9. The second-order valence-electron chi connectivity index (χ2n) is 9.92. The Morgan fingerprint density at radius 3 is 2.54 bits per heavy atom. The minimum atomic E-state index is -0.162. The van der Waals surface area contributed by atoms with Crippen LogP contribution in [0.25, 0.3) is 0 Å². The van der Waals surface area contributed by atoms with Crippen LogP contribution in [-0.2, 0) is 16.6 Å². The van der Waals surface area contributed by atoms with Gasteiger partial charge in [-0.25, -0.2) is 4.79 Å². The summed E-state index contributed by atoms with van der Waals surface area (Å²) < 4.78 is 8.00. The van der Waals surface area contributed by atoms with E-state index in [1.165, 1.54) is 0 Å². The molecule has 6 rings (SSSR count). The van der Waals surface area contributed by atoms with Crippen LogP contribution in [0.1, 0.15) is 62.8 Å². The van der Waals surface area contributed by atoms with Gasteiger partial charge < -0.3 is 9.64 Å². The molecular formula is C22H31N3O3. The fourth-order valence-corrected chi connectivity index (χ4v) is 6.75. The van der Waals surface area contributed by atoms with Gasteiger partial charge in [0.05, 0.1) is 5.69 Å². The van der Waals surface area contributed by atoms with Gasteiger partial charge in [0.15, 0.2) is 0 Å². The lowest BCUT2D eigenvalue weighted by molar-refractivity contribution is -0.160. The lowest BCUT2D eigenvalue weighted by atomic mass is 9.47. The molecule has 3 unspecified atom stereocenters. The van der Waals surface area contributed by atoms with Crippen molar-refractivity contribution >= 4 is 11.9 Å². The Kier molecular flexibility index (Phi) is 4.11. The predicted octanol–water partition coefficient (Wildman–Crippen LogP) is 3.44. The molecule has 4 bridgehead atoms.